The molecule has 0 radical (unpaired) electrons. The Hall–Kier alpha value is -1.79. The van der Waals surface area contributed by atoms with Crippen molar-refractivity contribution >= 4 is 5.91 Å². The highest BCUT2D eigenvalue weighted by Crippen LogP contribution is 2.27. The number of nitrogens with two attached hydrogens (primary N) is 1. The smallest absolute Gasteiger partial charge is 0.249 e. The van der Waals surface area contributed by atoms with Crippen LogP contribution in [0, 0.1) is 0 Å². The molecular weight excluding hydrogens is 272 g/mol. The minimum Gasteiger partial charge on any atom is -0.493 e. The number of carbonyl (C=O) groups excluding carboxylic acids is 1. The summed E-state index contributed by atoms with van der Waals surface area (Å²) in [7, 11) is 3.17. The fraction of sp³-hybridized carbons (Fsp3) is 0.533. The van der Waals surface area contributed by atoms with E-state index < -0.39 is 6.10 Å². The van der Waals surface area contributed by atoms with Gasteiger partial charge in [-0.2, -0.15) is 0 Å². The van der Waals surface area contributed by atoms with Crippen LogP contribution >= 0.6 is 0 Å². The molecule has 1 fully saturated rings. The summed E-state index contributed by atoms with van der Waals surface area (Å²) in [5.74, 6) is 1.21. The summed E-state index contributed by atoms with van der Waals surface area (Å²) in [5.41, 5.74) is 6.48. The van der Waals surface area contributed by atoms with Crippen molar-refractivity contribution in [2.24, 2.45) is 5.73 Å². The fourth-order valence-corrected chi connectivity index (χ4v) is 2.37. The van der Waals surface area contributed by atoms with Crippen molar-refractivity contribution in [3.05, 3.63) is 23.8 Å². The summed E-state index contributed by atoms with van der Waals surface area (Å²) in [4.78, 5) is 12.0. The van der Waals surface area contributed by atoms with Gasteiger partial charge in [0.1, 0.15) is 6.10 Å². The highest BCUT2D eigenvalue weighted by atomic mass is 16.5. The largest absolute Gasteiger partial charge is 0.493 e. The number of methoxy groups -OCH3 is 2. The Kier molecular flexibility index (Phi) is 5.41. The van der Waals surface area contributed by atoms with Crippen LogP contribution in [0.2, 0.25) is 0 Å². The van der Waals surface area contributed by atoms with Crippen LogP contribution in [0.25, 0.3) is 0 Å². The van der Waals surface area contributed by atoms with E-state index in [4.69, 9.17) is 19.9 Å². The molecule has 1 amide bonds. The third kappa shape index (κ3) is 3.86. The average molecular weight is 294 g/mol. The van der Waals surface area contributed by atoms with Crippen LogP contribution in [0.5, 0.6) is 11.5 Å². The lowest BCUT2D eigenvalue weighted by molar-refractivity contribution is -0.132. The molecule has 2 rings (SSSR count). The maximum atomic E-state index is 12.0. The number of ether oxygens (including phenoxy) is 3. The Morgan fingerprint density at radius 3 is 2.71 bits per heavy atom. The van der Waals surface area contributed by atoms with E-state index in [1.807, 2.05) is 18.2 Å². The molecule has 1 aliphatic heterocycles. The molecule has 1 saturated heterocycles. The molecule has 1 aromatic rings. The van der Waals surface area contributed by atoms with Crippen molar-refractivity contribution in [1.82, 2.24) is 5.32 Å². The van der Waals surface area contributed by atoms with Crippen molar-refractivity contribution in [2.75, 3.05) is 20.8 Å². The number of hydrogen-bond acceptors (Lipinski definition) is 5. The Balaban J connectivity index is 1.89. The van der Waals surface area contributed by atoms with Crippen LogP contribution in [0.1, 0.15) is 18.4 Å². The van der Waals surface area contributed by atoms with E-state index in [1.165, 1.54) is 0 Å². The van der Waals surface area contributed by atoms with E-state index in [2.05, 4.69) is 5.32 Å². The first kappa shape index (κ1) is 15.6. The number of nitrogens with one attached hydrogen (secondary N) is 1. The van der Waals surface area contributed by atoms with Gasteiger partial charge in [-0.25, -0.2) is 0 Å². The molecule has 0 saturated carbocycles. The average Bonchev–Trinajstić information content (AvgIpc) is 3.01. The van der Waals surface area contributed by atoms with E-state index in [0.717, 1.165) is 18.4 Å². The fourth-order valence-electron chi connectivity index (χ4n) is 2.37. The van der Waals surface area contributed by atoms with Gasteiger partial charge in [-0.1, -0.05) is 6.07 Å². The van der Waals surface area contributed by atoms with Gasteiger partial charge >= 0.3 is 0 Å². The van der Waals surface area contributed by atoms with Gasteiger partial charge in [-0.05, 0) is 30.5 Å². The van der Waals surface area contributed by atoms with E-state index in [9.17, 15) is 4.79 Å². The van der Waals surface area contributed by atoms with Crippen LogP contribution in [0.4, 0.5) is 0 Å². The molecule has 1 heterocycles. The zero-order valence-electron chi connectivity index (χ0n) is 12.4. The number of hydrogen-bond donors (Lipinski definition) is 2. The second kappa shape index (κ2) is 7.28. The summed E-state index contributed by atoms with van der Waals surface area (Å²) < 4.78 is 16.0. The maximum Gasteiger partial charge on any atom is 0.249 e. The van der Waals surface area contributed by atoms with Crippen LogP contribution in [0.3, 0.4) is 0 Å². The summed E-state index contributed by atoms with van der Waals surface area (Å²) in [6, 6.07) is 5.55. The zero-order chi connectivity index (χ0) is 15.2. The van der Waals surface area contributed by atoms with Gasteiger partial charge in [0.25, 0.3) is 0 Å². The molecule has 3 N–H and O–H groups in total. The number of benzene rings is 1. The first-order chi connectivity index (χ1) is 10.2. The maximum absolute atomic E-state index is 12.0. The topological polar surface area (TPSA) is 82.8 Å². The first-order valence-corrected chi connectivity index (χ1v) is 7.02. The summed E-state index contributed by atoms with van der Waals surface area (Å²) >= 11 is 0. The molecule has 0 spiro atoms. The van der Waals surface area contributed by atoms with E-state index >= 15 is 0 Å². The normalized spacial score (nSPS) is 21.1. The Labute approximate surface area is 124 Å². The van der Waals surface area contributed by atoms with Crippen molar-refractivity contribution in [2.45, 2.75) is 31.6 Å². The number of rotatable bonds is 6. The van der Waals surface area contributed by atoms with Crippen molar-refractivity contribution in [3.8, 4) is 11.5 Å². The van der Waals surface area contributed by atoms with Gasteiger partial charge in [0.15, 0.2) is 11.5 Å². The van der Waals surface area contributed by atoms with Crippen LogP contribution < -0.4 is 20.5 Å². The minimum absolute atomic E-state index is 0.00169. The van der Waals surface area contributed by atoms with Crippen LogP contribution in [-0.2, 0) is 16.1 Å². The SMILES string of the molecule is COc1ccc(CNC(=O)C2CCC(CN)O2)cc1OC. The lowest BCUT2D eigenvalue weighted by Crippen LogP contribution is -2.35. The number of amides is 1. The summed E-state index contributed by atoms with van der Waals surface area (Å²) in [6.45, 7) is 0.881. The van der Waals surface area contributed by atoms with Crippen molar-refractivity contribution in [1.29, 1.82) is 0 Å². The third-order valence-corrected chi connectivity index (χ3v) is 3.58. The molecule has 1 aliphatic rings. The molecule has 1 aromatic carbocycles. The minimum atomic E-state index is -0.390. The summed E-state index contributed by atoms with van der Waals surface area (Å²) in [6.07, 6.45) is 1.17. The van der Waals surface area contributed by atoms with Gasteiger partial charge in [-0.3, -0.25) is 4.79 Å². The number of carbonyl (C=O) groups is 1. The standard InChI is InChI=1S/C15H22N2O4/c1-19-12-5-3-10(7-14(12)20-2)9-17-15(18)13-6-4-11(8-16)21-13/h3,5,7,11,13H,4,6,8-9,16H2,1-2H3,(H,17,18). The Bertz CT molecular complexity index is 493. The predicted molar refractivity (Wildman–Crippen MR) is 78.3 cm³/mol. The van der Waals surface area contributed by atoms with Crippen LogP contribution in [0.15, 0.2) is 18.2 Å². The second-order valence-corrected chi connectivity index (χ2v) is 4.97. The molecule has 6 heteroatoms. The van der Waals surface area contributed by atoms with Crippen molar-refractivity contribution in [3.63, 3.8) is 0 Å². The van der Waals surface area contributed by atoms with Gasteiger partial charge in [0.05, 0.1) is 20.3 Å². The molecule has 2 unspecified atom stereocenters. The highest BCUT2D eigenvalue weighted by molar-refractivity contribution is 5.81. The molecule has 0 aromatic heterocycles. The molecule has 116 valence electrons. The van der Waals surface area contributed by atoms with Crippen molar-refractivity contribution < 1.29 is 19.0 Å². The van der Waals surface area contributed by atoms with E-state index in [-0.39, 0.29) is 12.0 Å². The van der Waals surface area contributed by atoms with E-state index in [0.29, 0.717) is 24.6 Å². The third-order valence-electron chi connectivity index (χ3n) is 3.58. The van der Waals surface area contributed by atoms with Gasteiger partial charge in [-0.15, -0.1) is 0 Å². The monoisotopic (exact) mass is 294 g/mol. The van der Waals surface area contributed by atoms with Gasteiger partial charge in [0, 0.05) is 13.1 Å². The summed E-state index contributed by atoms with van der Waals surface area (Å²) in [5, 5.41) is 2.87. The highest BCUT2D eigenvalue weighted by Gasteiger charge is 2.29. The van der Waals surface area contributed by atoms with Crippen LogP contribution in [-0.4, -0.2) is 38.9 Å². The second-order valence-electron chi connectivity index (χ2n) is 4.97. The molecule has 21 heavy (non-hydrogen) atoms. The lowest BCUT2D eigenvalue weighted by Gasteiger charge is -2.13. The van der Waals surface area contributed by atoms with E-state index in [1.54, 1.807) is 14.2 Å². The zero-order valence-corrected chi connectivity index (χ0v) is 12.4. The van der Waals surface area contributed by atoms with Gasteiger partial charge in [0.2, 0.25) is 5.91 Å². The quantitative estimate of drug-likeness (QED) is 0.812. The lowest BCUT2D eigenvalue weighted by atomic mass is 10.1. The molecule has 0 aliphatic carbocycles. The Morgan fingerprint density at radius 2 is 2.10 bits per heavy atom. The van der Waals surface area contributed by atoms with Gasteiger partial charge < -0.3 is 25.3 Å². The predicted octanol–water partition coefficient (Wildman–Crippen LogP) is 0.826. The molecular formula is C15H22N2O4. The molecule has 0 bridgehead atoms. The first-order valence-electron chi connectivity index (χ1n) is 7.02. The Morgan fingerprint density at radius 1 is 1.33 bits per heavy atom. The molecule has 2 atom stereocenters. The molecule has 6 nitrogen and oxygen atoms in total.